The largest absolute Gasteiger partial charge is 0.392 e. The molecule has 3 heterocycles. The molecule has 0 aliphatic carbocycles. The van der Waals surface area contributed by atoms with Crippen molar-refractivity contribution in [2.24, 2.45) is 0 Å². The summed E-state index contributed by atoms with van der Waals surface area (Å²) in [6, 6.07) is 9.15. The van der Waals surface area contributed by atoms with Crippen LogP contribution in [0.15, 0.2) is 30.5 Å². The fourth-order valence-electron chi connectivity index (χ4n) is 4.26. The normalized spacial score (nSPS) is 27.0. The number of fused-ring (bicyclic) bond motifs is 1. The Bertz CT molecular complexity index is 645. The maximum absolute atomic E-state index is 9.58. The van der Waals surface area contributed by atoms with Gasteiger partial charge in [0.2, 0.25) is 0 Å². The average molecular weight is 313 g/mol. The molecule has 4 nitrogen and oxygen atoms in total. The number of hydrogen-bond acceptors (Lipinski definition) is 3. The van der Waals surface area contributed by atoms with E-state index < -0.39 is 0 Å². The number of aliphatic hydroxyl groups excluding tert-OH is 1. The zero-order chi connectivity index (χ0) is 15.6. The van der Waals surface area contributed by atoms with Gasteiger partial charge >= 0.3 is 0 Å². The van der Waals surface area contributed by atoms with Gasteiger partial charge in [-0.05, 0) is 62.9 Å². The molecule has 2 aromatic rings. The summed E-state index contributed by atoms with van der Waals surface area (Å²) in [6.07, 6.45) is 6.67. The molecule has 0 saturated carbocycles. The van der Waals surface area contributed by atoms with E-state index in [9.17, 15) is 5.11 Å². The molecule has 0 radical (unpaired) electrons. The minimum absolute atomic E-state index is 0.132. The summed E-state index contributed by atoms with van der Waals surface area (Å²) in [6.45, 7) is 4.32. The fourth-order valence-corrected chi connectivity index (χ4v) is 4.26. The number of para-hydroxylation sites is 1. The van der Waals surface area contributed by atoms with Crippen molar-refractivity contribution in [3.63, 3.8) is 0 Å². The summed E-state index contributed by atoms with van der Waals surface area (Å²) in [5.41, 5.74) is 2.76. The first-order chi connectivity index (χ1) is 11.3. The lowest BCUT2D eigenvalue weighted by molar-refractivity contribution is 0.185. The van der Waals surface area contributed by atoms with Crippen molar-refractivity contribution in [2.45, 2.75) is 43.7 Å². The van der Waals surface area contributed by atoms with Gasteiger partial charge in [-0.15, -0.1) is 0 Å². The van der Waals surface area contributed by atoms with Gasteiger partial charge in [0.15, 0.2) is 0 Å². The Labute approximate surface area is 137 Å². The van der Waals surface area contributed by atoms with Crippen LogP contribution in [0.4, 0.5) is 0 Å². The van der Waals surface area contributed by atoms with Crippen LogP contribution in [0.1, 0.15) is 37.2 Å². The SMILES string of the molecule is O[C@H]1CNC(CCN2CCC(c3c[nH]c4ccccc34)CC2)C1. The van der Waals surface area contributed by atoms with Crippen LogP contribution in [0, 0.1) is 0 Å². The summed E-state index contributed by atoms with van der Waals surface area (Å²) >= 11 is 0. The molecule has 1 aromatic heterocycles. The molecular formula is C19H27N3O. The van der Waals surface area contributed by atoms with Gasteiger partial charge in [0.25, 0.3) is 0 Å². The molecule has 0 amide bonds. The lowest BCUT2D eigenvalue weighted by Gasteiger charge is -2.32. The molecule has 23 heavy (non-hydrogen) atoms. The number of nitrogens with zero attached hydrogens (tertiary/aromatic N) is 1. The van der Waals surface area contributed by atoms with Crippen LogP contribution in [0.3, 0.4) is 0 Å². The van der Waals surface area contributed by atoms with Crippen LogP contribution in [-0.4, -0.2) is 53.3 Å². The van der Waals surface area contributed by atoms with E-state index in [2.05, 4.69) is 45.7 Å². The third-order valence-corrected chi connectivity index (χ3v) is 5.64. The van der Waals surface area contributed by atoms with Crippen molar-refractivity contribution >= 4 is 10.9 Å². The molecule has 2 fully saturated rings. The van der Waals surface area contributed by atoms with Crippen molar-refractivity contribution in [3.05, 3.63) is 36.0 Å². The van der Waals surface area contributed by atoms with Gasteiger partial charge < -0.3 is 20.3 Å². The third kappa shape index (κ3) is 3.30. The van der Waals surface area contributed by atoms with Gasteiger partial charge in [0.1, 0.15) is 0 Å². The van der Waals surface area contributed by atoms with Crippen molar-refractivity contribution in [1.29, 1.82) is 0 Å². The van der Waals surface area contributed by atoms with Crippen LogP contribution in [-0.2, 0) is 0 Å². The summed E-state index contributed by atoms with van der Waals surface area (Å²) in [4.78, 5) is 6.01. The highest BCUT2D eigenvalue weighted by Crippen LogP contribution is 2.33. The second-order valence-corrected chi connectivity index (χ2v) is 7.19. The van der Waals surface area contributed by atoms with E-state index in [4.69, 9.17) is 0 Å². The number of likely N-dealkylation sites (tertiary alicyclic amines) is 1. The van der Waals surface area contributed by atoms with Crippen LogP contribution < -0.4 is 5.32 Å². The number of aromatic nitrogens is 1. The highest BCUT2D eigenvalue weighted by Gasteiger charge is 2.25. The first kappa shape index (κ1) is 15.2. The molecule has 4 rings (SSSR count). The molecule has 3 N–H and O–H groups in total. The number of piperidine rings is 1. The molecule has 0 spiro atoms. The van der Waals surface area contributed by atoms with Crippen LogP contribution in [0.5, 0.6) is 0 Å². The van der Waals surface area contributed by atoms with Gasteiger partial charge in [-0.25, -0.2) is 0 Å². The Kier molecular flexibility index (Phi) is 4.38. The van der Waals surface area contributed by atoms with Gasteiger partial charge in [-0.3, -0.25) is 0 Å². The quantitative estimate of drug-likeness (QED) is 0.813. The first-order valence-corrected chi connectivity index (χ1v) is 8.99. The van der Waals surface area contributed by atoms with Crippen molar-refractivity contribution in [3.8, 4) is 0 Å². The van der Waals surface area contributed by atoms with Gasteiger partial charge in [0, 0.05) is 29.7 Å². The number of β-amino-alcohol motifs (C(OH)–C–C–N with tert-alkyl or cyclic N) is 1. The number of H-pyrrole nitrogens is 1. The van der Waals surface area contributed by atoms with Crippen LogP contribution >= 0.6 is 0 Å². The summed E-state index contributed by atoms with van der Waals surface area (Å²) in [5, 5.41) is 14.4. The summed E-state index contributed by atoms with van der Waals surface area (Å²) < 4.78 is 0. The highest BCUT2D eigenvalue weighted by atomic mass is 16.3. The Hall–Kier alpha value is -1.36. The predicted octanol–water partition coefficient (Wildman–Crippen LogP) is 2.46. The fraction of sp³-hybridized carbons (Fsp3) is 0.579. The molecular weight excluding hydrogens is 286 g/mol. The molecule has 124 valence electrons. The van der Waals surface area contributed by atoms with E-state index in [1.807, 2.05) is 0 Å². The Balaban J connectivity index is 1.30. The molecule has 2 saturated heterocycles. The molecule has 2 aliphatic heterocycles. The minimum atomic E-state index is -0.132. The molecule has 2 atom stereocenters. The van der Waals surface area contributed by atoms with E-state index in [1.54, 1.807) is 0 Å². The number of aromatic amines is 1. The van der Waals surface area contributed by atoms with Crippen molar-refractivity contribution < 1.29 is 5.11 Å². The number of benzene rings is 1. The zero-order valence-corrected chi connectivity index (χ0v) is 13.7. The van der Waals surface area contributed by atoms with Crippen LogP contribution in [0.25, 0.3) is 10.9 Å². The van der Waals surface area contributed by atoms with Crippen molar-refractivity contribution in [1.82, 2.24) is 15.2 Å². The summed E-state index contributed by atoms with van der Waals surface area (Å²) in [7, 11) is 0. The Morgan fingerprint density at radius 2 is 2.00 bits per heavy atom. The van der Waals surface area contributed by atoms with E-state index in [1.165, 1.54) is 42.4 Å². The topological polar surface area (TPSA) is 51.3 Å². The lowest BCUT2D eigenvalue weighted by atomic mass is 9.89. The zero-order valence-electron chi connectivity index (χ0n) is 13.7. The molecule has 1 aromatic carbocycles. The van der Waals surface area contributed by atoms with Gasteiger partial charge in [-0.1, -0.05) is 18.2 Å². The number of nitrogens with one attached hydrogen (secondary N) is 2. The Morgan fingerprint density at radius 3 is 2.78 bits per heavy atom. The van der Waals surface area contributed by atoms with E-state index in [-0.39, 0.29) is 6.10 Å². The monoisotopic (exact) mass is 313 g/mol. The maximum atomic E-state index is 9.58. The van der Waals surface area contributed by atoms with E-state index in [0.29, 0.717) is 12.0 Å². The van der Waals surface area contributed by atoms with Gasteiger partial charge in [0.05, 0.1) is 6.10 Å². The third-order valence-electron chi connectivity index (χ3n) is 5.64. The average Bonchev–Trinajstić information content (AvgIpc) is 3.20. The van der Waals surface area contributed by atoms with Crippen molar-refractivity contribution in [2.75, 3.05) is 26.2 Å². The summed E-state index contributed by atoms with van der Waals surface area (Å²) in [5.74, 6) is 0.689. The molecule has 1 unspecified atom stereocenters. The number of rotatable bonds is 4. The highest BCUT2D eigenvalue weighted by molar-refractivity contribution is 5.83. The number of hydrogen-bond donors (Lipinski definition) is 3. The maximum Gasteiger partial charge on any atom is 0.0679 e. The lowest BCUT2D eigenvalue weighted by Crippen LogP contribution is -2.36. The number of aliphatic hydroxyl groups is 1. The first-order valence-electron chi connectivity index (χ1n) is 8.99. The van der Waals surface area contributed by atoms with E-state index in [0.717, 1.165) is 25.9 Å². The minimum Gasteiger partial charge on any atom is -0.392 e. The van der Waals surface area contributed by atoms with E-state index >= 15 is 0 Å². The smallest absolute Gasteiger partial charge is 0.0679 e. The van der Waals surface area contributed by atoms with Crippen LogP contribution in [0.2, 0.25) is 0 Å². The molecule has 4 heteroatoms. The predicted molar refractivity (Wildman–Crippen MR) is 93.7 cm³/mol. The molecule has 2 aliphatic rings. The second kappa shape index (κ2) is 6.63. The second-order valence-electron chi connectivity index (χ2n) is 7.19. The standard InChI is InChI=1S/C19H27N3O/c23-16-11-15(20-12-16)7-10-22-8-5-14(6-9-22)18-13-21-19-4-2-1-3-17(18)19/h1-4,13-16,20-21,23H,5-12H2/t15?,16-/m1/s1. The molecule has 0 bridgehead atoms. The Morgan fingerprint density at radius 1 is 1.17 bits per heavy atom. The van der Waals surface area contributed by atoms with Gasteiger partial charge in [-0.2, -0.15) is 0 Å².